The summed E-state index contributed by atoms with van der Waals surface area (Å²) in [7, 11) is 0. The molecule has 1 N–H and O–H groups in total. The molecule has 0 aliphatic carbocycles. The van der Waals surface area contributed by atoms with Gasteiger partial charge in [-0.05, 0) is 48.4 Å². The summed E-state index contributed by atoms with van der Waals surface area (Å²) >= 11 is 0. The Bertz CT molecular complexity index is 1360. The van der Waals surface area contributed by atoms with E-state index in [4.69, 9.17) is 13.6 Å². The maximum Gasteiger partial charge on any atom is 0.290 e. The Hall–Kier alpha value is -4.26. The van der Waals surface area contributed by atoms with Crippen LogP contribution in [0, 0.1) is 0 Å². The maximum atomic E-state index is 13.6. The van der Waals surface area contributed by atoms with Crippen LogP contribution >= 0.6 is 0 Å². The number of nitrogens with zero attached hydrogens (tertiary/aromatic N) is 1. The summed E-state index contributed by atoms with van der Waals surface area (Å²) in [5.74, 6) is -0.465. The fourth-order valence-corrected chi connectivity index (χ4v) is 4.48. The van der Waals surface area contributed by atoms with Crippen molar-refractivity contribution in [2.24, 2.45) is 0 Å². The molecule has 1 amide bonds. The first-order chi connectivity index (χ1) is 17.6. The highest BCUT2D eigenvalue weighted by molar-refractivity contribution is 6.16. The Morgan fingerprint density at radius 3 is 2.58 bits per heavy atom. The number of fused-ring (bicyclic) bond motifs is 1. The first-order valence-corrected chi connectivity index (χ1v) is 12.1. The zero-order valence-corrected chi connectivity index (χ0v) is 20.0. The van der Waals surface area contributed by atoms with E-state index in [1.807, 2.05) is 42.5 Å². The second-order valence-electron chi connectivity index (χ2n) is 8.78. The van der Waals surface area contributed by atoms with Gasteiger partial charge in [0.2, 0.25) is 5.78 Å². The highest BCUT2D eigenvalue weighted by Crippen LogP contribution is 2.41. The number of benzene rings is 2. The molecule has 0 saturated heterocycles. The van der Waals surface area contributed by atoms with E-state index in [0.29, 0.717) is 29.3 Å². The van der Waals surface area contributed by atoms with E-state index in [-0.39, 0.29) is 17.9 Å². The van der Waals surface area contributed by atoms with Gasteiger partial charge in [0.1, 0.15) is 17.1 Å². The van der Waals surface area contributed by atoms with Gasteiger partial charge in [-0.15, -0.1) is 0 Å². The van der Waals surface area contributed by atoms with E-state index in [1.54, 1.807) is 24.3 Å². The Labute approximate surface area is 208 Å². The number of aliphatic hydroxyl groups is 1. The number of carbonyl (C=O) groups is 2. The number of hydrogen-bond donors (Lipinski definition) is 1. The van der Waals surface area contributed by atoms with E-state index < -0.39 is 23.5 Å². The minimum atomic E-state index is -0.822. The molecule has 184 valence electrons. The van der Waals surface area contributed by atoms with Crippen LogP contribution in [0.1, 0.15) is 54.1 Å². The summed E-state index contributed by atoms with van der Waals surface area (Å²) in [6.07, 6.45) is 4.70. The van der Waals surface area contributed by atoms with Crippen LogP contribution in [0.4, 0.5) is 0 Å². The quantitative estimate of drug-likeness (QED) is 0.207. The smallest absolute Gasteiger partial charge is 0.290 e. The monoisotopic (exact) mass is 485 g/mol. The third kappa shape index (κ3) is 4.52. The molecule has 1 unspecified atom stereocenters. The number of hydrogen-bond acceptors (Lipinski definition) is 6. The molecule has 5 rings (SSSR count). The van der Waals surface area contributed by atoms with Crippen molar-refractivity contribution in [1.29, 1.82) is 0 Å². The predicted octanol–water partition coefficient (Wildman–Crippen LogP) is 6.37. The average molecular weight is 486 g/mol. The lowest BCUT2D eigenvalue weighted by molar-refractivity contribution is -0.130. The summed E-state index contributed by atoms with van der Waals surface area (Å²) in [5, 5.41) is 11.6. The summed E-state index contributed by atoms with van der Waals surface area (Å²) in [4.78, 5) is 28.2. The molecule has 2 aromatic carbocycles. The van der Waals surface area contributed by atoms with Gasteiger partial charge in [-0.1, -0.05) is 50.1 Å². The normalized spacial score (nSPS) is 15.8. The van der Waals surface area contributed by atoms with Crippen molar-refractivity contribution in [2.75, 3.05) is 6.61 Å². The van der Waals surface area contributed by atoms with Gasteiger partial charge < -0.3 is 23.6 Å². The molecule has 1 aliphatic rings. The molecule has 1 aliphatic heterocycles. The molecule has 7 nitrogen and oxygen atoms in total. The molecular formula is C29H27NO6. The molecule has 0 radical (unpaired) electrons. The van der Waals surface area contributed by atoms with Crippen molar-refractivity contribution < 1.29 is 28.3 Å². The number of rotatable bonds is 10. The highest BCUT2D eigenvalue weighted by Gasteiger charge is 2.44. The Morgan fingerprint density at radius 1 is 1.06 bits per heavy atom. The van der Waals surface area contributed by atoms with Crippen LogP contribution in [0.15, 0.2) is 93.2 Å². The molecule has 0 bridgehead atoms. The molecule has 0 spiro atoms. The van der Waals surface area contributed by atoms with E-state index in [2.05, 4.69) is 6.92 Å². The molecule has 7 heteroatoms. The van der Waals surface area contributed by atoms with Crippen LogP contribution in [-0.2, 0) is 11.3 Å². The van der Waals surface area contributed by atoms with Gasteiger partial charge in [-0.2, -0.15) is 0 Å². The molecule has 2 aromatic heterocycles. The van der Waals surface area contributed by atoms with Crippen molar-refractivity contribution in [1.82, 2.24) is 4.90 Å². The number of Topliss-reactive ketones (excluding diaryl/α,β-unsaturated/α-hetero) is 1. The molecule has 4 aromatic rings. The van der Waals surface area contributed by atoms with Crippen LogP contribution in [0.3, 0.4) is 0 Å². The van der Waals surface area contributed by atoms with Crippen LogP contribution in [-0.4, -0.2) is 28.3 Å². The van der Waals surface area contributed by atoms with Crippen LogP contribution < -0.4 is 4.74 Å². The van der Waals surface area contributed by atoms with Gasteiger partial charge in [0.15, 0.2) is 11.5 Å². The molecular weight excluding hydrogens is 458 g/mol. The van der Waals surface area contributed by atoms with Gasteiger partial charge >= 0.3 is 0 Å². The van der Waals surface area contributed by atoms with Gasteiger partial charge in [0.25, 0.3) is 5.91 Å². The second-order valence-corrected chi connectivity index (χ2v) is 8.78. The summed E-state index contributed by atoms with van der Waals surface area (Å²) in [6, 6.07) is 18.8. The van der Waals surface area contributed by atoms with Crippen LogP contribution in [0.5, 0.6) is 5.75 Å². The number of ether oxygens (including phenoxy) is 1. The average Bonchev–Trinajstić information content (AvgIpc) is 3.62. The number of aliphatic hydroxyl groups excluding tert-OH is 1. The zero-order valence-electron chi connectivity index (χ0n) is 20.0. The number of amides is 1. The minimum Gasteiger partial charge on any atom is -0.503 e. The van der Waals surface area contributed by atoms with E-state index in [9.17, 15) is 14.7 Å². The van der Waals surface area contributed by atoms with Gasteiger partial charge in [0, 0.05) is 5.39 Å². The number of para-hydroxylation sites is 1. The van der Waals surface area contributed by atoms with Crippen molar-refractivity contribution in [3.63, 3.8) is 0 Å². The topological polar surface area (TPSA) is 93.1 Å². The van der Waals surface area contributed by atoms with Crippen LogP contribution in [0.2, 0.25) is 0 Å². The maximum absolute atomic E-state index is 13.6. The van der Waals surface area contributed by atoms with Crippen molar-refractivity contribution in [3.8, 4) is 5.75 Å². The molecule has 1 atom stereocenters. The predicted molar refractivity (Wildman–Crippen MR) is 134 cm³/mol. The minimum absolute atomic E-state index is 0.0257. The molecule has 0 saturated carbocycles. The third-order valence-corrected chi connectivity index (χ3v) is 6.32. The molecule has 3 heterocycles. The number of ketones is 1. The fraction of sp³-hybridized carbons (Fsp3) is 0.241. The van der Waals surface area contributed by atoms with Crippen molar-refractivity contribution in [3.05, 3.63) is 101 Å². The number of furan rings is 2. The largest absolute Gasteiger partial charge is 0.503 e. The van der Waals surface area contributed by atoms with E-state index in [0.717, 1.165) is 24.6 Å². The summed E-state index contributed by atoms with van der Waals surface area (Å²) < 4.78 is 17.0. The fourth-order valence-electron chi connectivity index (χ4n) is 4.48. The molecule has 36 heavy (non-hydrogen) atoms. The SMILES string of the molecule is CCCCCOc1ccc(C2C(C(=O)c3cc4ccccc4o3)=C(O)C(=O)N2Cc2ccco2)cc1. The lowest BCUT2D eigenvalue weighted by Gasteiger charge is -2.26. The zero-order chi connectivity index (χ0) is 25.1. The lowest BCUT2D eigenvalue weighted by atomic mass is 9.95. The Kier molecular flexibility index (Phi) is 6.62. The van der Waals surface area contributed by atoms with Crippen molar-refractivity contribution >= 4 is 22.7 Å². The Morgan fingerprint density at radius 2 is 1.86 bits per heavy atom. The van der Waals surface area contributed by atoms with Gasteiger partial charge in [0.05, 0.1) is 31.0 Å². The van der Waals surface area contributed by atoms with E-state index in [1.165, 1.54) is 11.2 Å². The Balaban J connectivity index is 1.49. The van der Waals surface area contributed by atoms with Crippen LogP contribution in [0.25, 0.3) is 11.0 Å². The first kappa shape index (κ1) is 23.5. The summed E-state index contributed by atoms with van der Waals surface area (Å²) in [5.41, 5.74) is 1.19. The molecule has 0 fully saturated rings. The number of unbranched alkanes of at least 4 members (excludes halogenated alkanes) is 2. The third-order valence-electron chi connectivity index (χ3n) is 6.32. The van der Waals surface area contributed by atoms with E-state index >= 15 is 0 Å². The second kappa shape index (κ2) is 10.2. The lowest BCUT2D eigenvalue weighted by Crippen LogP contribution is -2.30. The first-order valence-electron chi connectivity index (χ1n) is 12.1. The standard InChI is InChI=1S/C29H27NO6/c1-2-3-6-15-34-21-13-11-19(12-14-21)26-25(27(31)24-17-20-8-4-5-10-23(20)36-24)28(32)29(33)30(26)18-22-9-7-16-35-22/h4-5,7-14,16-17,26,32H,2-3,6,15,18H2,1H3. The summed E-state index contributed by atoms with van der Waals surface area (Å²) in [6.45, 7) is 2.85. The van der Waals surface area contributed by atoms with Gasteiger partial charge in [-0.25, -0.2) is 0 Å². The number of carbonyl (C=O) groups excluding carboxylic acids is 2. The highest BCUT2D eigenvalue weighted by atomic mass is 16.5. The van der Waals surface area contributed by atoms with Gasteiger partial charge in [-0.3, -0.25) is 9.59 Å². The van der Waals surface area contributed by atoms with Crippen molar-refractivity contribution in [2.45, 2.75) is 38.8 Å².